The first-order chi connectivity index (χ1) is 15.7. The van der Waals surface area contributed by atoms with Crippen molar-refractivity contribution in [2.75, 3.05) is 24.6 Å². The van der Waals surface area contributed by atoms with Crippen LogP contribution in [0.25, 0.3) is 11.4 Å². The molecule has 3 aromatic rings. The first-order valence-electron chi connectivity index (χ1n) is 11.2. The van der Waals surface area contributed by atoms with Gasteiger partial charge in [-0.15, -0.1) is 10.2 Å². The minimum Gasteiger partial charge on any atom is -0.376 e. The molecule has 32 heavy (non-hydrogen) atoms. The standard InChI is InChI=1S/C22H27ClN6O2S/c1-15-8-10-28(11-9-15)21-25-26-22(29(21)13-18-3-2-12-30-18)32-14-19-24-20(27-31-19)16-4-6-17(23)7-5-16/h4-7,15,18H,2-3,8-14H2,1H3. The molecule has 0 N–H and O–H groups in total. The molecule has 0 amide bonds. The van der Waals surface area contributed by atoms with E-state index in [9.17, 15) is 0 Å². The van der Waals surface area contributed by atoms with Crippen LogP contribution in [0.4, 0.5) is 5.95 Å². The summed E-state index contributed by atoms with van der Waals surface area (Å²) < 4.78 is 13.6. The first kappa shape index (κ1) is 21.7. The normalized spacial score (nSPS) is 19.7. The fourth-order valence-corrected chi connectivity index (χ4v) is 5.04. The third kappa shape index (κ3) is 4.94. The molecule has 2 aliphatic rings. The SMILES string of the molecule is CC1CCN(c2nnc(SCc3nc(-c4ccc(Cl)cc4)no3)n2CC2CCCO2)CC1. The van der Waals surface area contributed by atoms with E-state index < -0.39 is 0 Å². The Morgan fingerprint density at radius 2 is 1.94 bits per heavy atom. The number of rotatable bonds is 7. The van der Waals surface area contributed by atoms with Crippen LogP contribution in [0.1, 0.15) is 38.5 Å². The highest BCUT2D eigenvalue weighted by atomic mass is 35.5. The summed E-state index contributed by atoms with van der Waals surface area (Å²) in [4.78, 5) is 6.89. The topological polar surface area (TPSA) is 82.1 Å². The lowest BCUT2D eigenvalue weighted by atomic mass is 10.00. The van der Waals surface area contributed by atoms with E-state index in [1.54, 1.807) is 11.8 Å². The number of ether oxygens (including phenoxy) is 1. The van der Waals surface area contributed by atoms with E-state index >= 15 is 0 Å². The molecule has 0 aliphatic carbocycles. The Morgan fingerprint density at radius 1 is 1.12 bits per heavy atom. The minimum atomic E-state index is 0.215. The fraction of sp³-hybridized carbons (Fsp3) is 0.545. The summed E-state index contributed by atoms with van der Waals surface area (Å²) in [5, 5.41) is 14.7. The second-order valence-electron chi connectivity index (χ2n) is 8.51. The average Bonchev–Trinajstić information content (AvgIpc) is 3.56. The number of piperidine rings is 1. The highest BCUT2D eigenvalue weighted by Crippen LogP contribution is 2.30. The van der Waals surface area contributed by atoms with Crippen molar-refractivity contribution < 1.29 is 9.26 Å². The Balaban J connectivity index is 1.31. The van der Waals surface area contributed by atoms with Gasteiger partial charge in [-0.05, 0) is 55.9 Å². The van der Waals surface area contributed by atoms with Crippen LogP contribution in [0.5, 0.6) is 0 Å². The molecule has 2 aliphatic heterocycles. The van der Waals surface area contributed by atoms with E-state index in [-0.39, 0.29) is 6.10 Å². The van der Waals surface area contributed by atoms with Gasteiger partial charge >= 0.3 is 0 Å². The zero-order valence-corrected chi connectivity index (χ0v) is 19.7. The van der Waals surface area contributed by atoms with E-state index in [1.165, 1.54) is 12.8 Å². The number of nitrogens with zero attached hydrogens (tertiary/aromatic N) is 6. The van der Waals surface area contributed by atoms with Crippen LogP contribution < -0.4 is 4.90 Å². The summed E-state index contributed by atoms with van der Waals surface area (Å²) in [6.45, 7) is 5.96. The van der Waals surface area contributed by atoms with Crippen LogP contribution in [0.2, 0.25) is 5.02 Å². The van der Waals surface area contributed by atoms with Crippen molar-refractivity contribution in [3.05, 3.63) is 35.2 Å². The van der Waals surface area contributed by atoms with Gasteiger partial charge in [-0.1, -0.05) is 35.4 Å². The zero-order valence-electron chi connectivity index (χ0n) is 18.1. The smallest absolute Gasteiger partial charge is 0.237 e. The maximum absolute atomic E-state index is 5.97. The Hall–Kier alpha value is -2.10. The molecule has 10 heteroatoms. The van der Waals surface area contributed by atoms with Crippen LogP contribution in [-0.2, 0) is 17.0 Å². The number of aromatic nitrogens is 5. The summed E-state index contributed by atoms with van der Waals surface area (Å²) in [7, 11) is 0. The second-order valence-corrected chi connectivity index (χ2v) is 9.88. The highest BCUT2D eigenvalue weighted by Gasteiger charge is 2.26. The molecule has 1 unspecified atom stereocenters. The Morgan fingerprint density at radius 3 is 2.69 bits per heavy atom. The molecule has 0 bridgehead atoms. The summed E-state index contributed by atoms with van der Waals surface area (Å²) in [6, 6.07) is 7.40. The molecule has 4 heterocycles. The summed E-state index contributed by atoms with van der Waals surface area (Å²) in [5.41, 5.74) is 0.873. The molecule has 2 aromatic heterocycles. The average molecular weight is 475 g/mol. The quantitative estimate of drug-likeness (QED) is 0.456. The lowest BCUT2D eigenvalue weighted by Crippen LogP contribution is -2.35. The molecule has 5 rings (SSSR count). The van der Waals surface area contributed by atoms with E-state index in [2.05, 4.69) is 36.7 Å². The summed E-state index contributed by atoms with van der Waals surface area (Å²) in [5.74, 6) is 3.35. The van der Waals surface area contributed by atoms with E-state index in [1.807, 2.05) is 24.3 Å². The molecule has 0 spiro atoms. The molecule has 1 atom stereocenters. The predicted octanol–water partition coefficient (Wildman–Crippen LogP) is 4.69. The van der Waals surface area contributed by atoms with Crippen LogP contribution in [0.3, 0.4) is 0 Å². The largest absolute Gasteiger partial charge is 0.376 e. The number of anilines is 1. The molecular formula is C22H27ClN6O2S. The van der Waals surface area contributed by atoms with Gasteiger partial charge in [0.2, 0.25) is 17.7 Å². The molecular weight excluding hydrogens is 448 g/mol. The van der Waals surface area contributed by atoms with Crippen LogP contribution in [0, 0.1) is 5.92 Å². The lowest BCUT2D eigenvalue weighted by Gasteiger charge is -2.31. The number of hydrogen-bond donors (Lipinski definition) is 0. The van der Waals surface area contributed by atoms with Gasteiger partial charge in [-0.2, -0.15) is 4.98 Å². The molecule has 8 nitrogen and oxygen atoms in total. The van der Waals surface area contributed by atoms with Crippen LogP contribution in [-0.4, -0.2) is 50.7 Å². The Labute approximate surface area is 196 Å². The number of hydrogen-bond acceptors (Lipinski definition) is 8. The van der Waals surface area contributed by atoms with Crippen LogP contribution in [0.15, 0.2) is 33.9 Å². The van der Waals surface area contributed by atoms with Crippen molar-refractivity contribution in [2.24, 2.45) is 5.92 Å². The number of benzene rings is 1. The van der Waals surface area contributed by atoms with Gasteiger partial charge in [0.15, 0.2) is 5.16 Å². The zero-order chi connectivity index (χ0) is 21.9. The van der Waals surface area contributed by atoms with Crippen molar-refractivity contribution >= 4 is 29.3 Å². The predicted molar refractivity (Wildman–Crippen MR) is 124 cm³/mol. The lowest BCUT2D eigenvalue weighted by molar-refractivity contribution is 0.0951. The molecule has 0 saturated carbocycles. The van der Waals surface area contributed by atoms with Gasteiger partial charge < -0.3 is 14.2 Å². The van der Waals surface area contributed by atoms with Gasteiger partial charge in [0.1, 0.15) is 0 Å². The van der Waals surface area contributed by atoms with Gasteiger partial charge in [0, 0.05) is 30.3 Å². The number of thioether (sulfide) groups is 1. The maximum atomic E-state index is 5.97. The highest BCUT2D eigenvalue weighted by molar-refractivity contribution is 7.98. The number of halogens is 1. The monoisotopic (exact) mass is 474 g/mol. The maximum Gasteiger partial charge on any atom is 0.237 e. The van der Waals surface area contributed by atoms with Gasteiger partial charge in [0.05, 0.1) is 18.4 Å². The van der Waals surface area contributed by atoms with Crippen molar-refractivity contribution in [1.29, 1.82) is 0 Å². The van der Waals surface area contributed by atoms with Crippen molar-refractivity contribution in [3.8, 4) is 11.4 Å². The van der Waals surface area contributed by atoms with E-state index in [0.717, 1.165) is 61.7 Å². The molecule has 170 valence electrons. The van der Waals surface area contributed by atoms with Crippen molar-refractivity contribution in [2.45, 2.75) is 56.2 Å². The van der Waals surface area contributed by atoms with E-state index in [4.69, 9.17) is 20.9 Å². The fourth-order valence-electron chi connectivity index (χ4n) is 4.14. The minimum absolute atomic E-state index is 0.215. The molecule has 2 saturated heterocycles. The van der Waals surface area contributed by atoms with Crippen molar-refractivity contribution in [1.82, 2.24) is 24.9 Å². The van der Waals surface area contributed by atoms with Gasteiger partial charge in [-0.3, -0.25) is 4.57 Å². The molecule has 1 aromatic carbocycles. The molecule has 0 radical (unpaired) electrons. The van der Waals surface area contributed by atoms with Gasteiger partial charge in [0.25, 0.3) is 0 Å². The summed E-state index contributed by atoms with van der Waals surface area (Å²) in [6.07, 6.45) is 4.77. The summed E-state index contributed by atoms with van der Waals surface area (Å²) >= 11 is 7.54. The second kappa shape index (κ2) is 9.80. The first-order valence-corrected chi connectivity index (χ1v) is 12.5. The Kier molecular flexibility index (Phi) is 6.66. The van der Waals surface area contributed by atoms with Crippen molar-refractivity contribution in [3.63, 3.8) is 0 Å². The van der Waals surface area contributed by atoms with Gasteiger partial charge in [-0.25, -0.2) is 0 Å². The Bertz CT molecular complexity index is 1030. The van der Waals surface area contributed by atoms with Crippen LogP contribution >= 0.6 is 23.4 Å². The third-order valence-electron chi connectivity index (χ3n) is 6.07. The third-order valence-corrected chi connectivity index (χ3v) is 7.27. The molecule has 2 fully saturated rings. The van der Waals surface area contributed by atoms with E-state index in [0.29, 0.717) is 22.5 Å².